The van der Waals surface area contributed by atoms with E-state index in [9.17, 15) is 38.4 Å². The Labute approximate surface area is 360 Å². The zero-order valence-electron chi connectivity index (χ0n) is 49.4. The smallest absolute Gasteiger partial charge is 0.328 e. The average Bonchev–Trinajstić information content (AvgIpc) is 3.99. The fourth-order valence-electron chi connectivity index (χ4n) is 5.85. The third kappa shape index (κ3) is 7.08. The van der Waals surface area contributed by atoms with Crippen LogP contribution < -0.4 is 45.0 Å². The van der Waals surface area contributed by atoms with Gasteiger partial charge < -0.3 is 18.3 Å². The van der Waals surface area contributed by atoms with Crippen LogP contribution in [-0.2, 0) is 82.2 Å². The number of aromatic nitrogens is 16. The van der Waals surface area contributed by atoms with Gasteiger partial charge in [0.05, 0.1) is 25.2 Å². The van der Waals surface area contributed by atoms with Gasteiger partial charge in [-0.3, -0.25) is 55.7 Å². The summed E-state index contributed by atoms with van der Waals surface area (Å²) >= 11 is 0. The van der Waals surface area contributed by atoms with Crippen molar-refractivity contribution < 1.29 is 21.9 Å². The molecule has 0 amide bonds. The first-order valence-electron chi connectivity index (χ1n) is 25.3. The van der Waals surface area contributed by atoms with Crippen molar-refractivity contribution in [2.45, 2.75) is 53.8 Å². The van der Waals surface area contributed by atoms with Crippen LogP contribution in [0.4, 0.5) is 0 Å². The van der Waals surface area contributed by atoms with Crippen molar-refractivity contribution in [3.8, 4) is 0 Å². The Kier molecular flexibility index (Phi) is 7.45. The molecule has 0 saturated carbocycles. The zero-order valence-corrected chi connectivity index (χ0v) is 33.4. The molecule has 0 saturated heterocycles. The molecule has 0 atom stereocenters. The van der Waals surface area contributed by atoms with Crippen LogP contribution in [0.5, 0.6) is 0 Å². The molecule has 0 bridgehead atoms. The summed E-state index contributed by atoms with van der Waals surface area (Å²) in [4.78, 5) is 112. The van der Waals surface area contributed by atoms with Crippen LogP contribution in [0.2, 0.25) is 0 Å². The second kappa shape index (κ2) is 16.8. The number of rotatable bonds is 4. The fourth-order valence-corrected chi connectivity index (χ4v) is 5.85. The van der Waals surface area contributed by atoms with Gasteiger partial charge in [-0.25, -0.2) is 39.1 Å². The third-order valence-corrected chi connectivity index (χ3v) is 8.96. The highest BCUT2D eigenvalue weighted by molar-refractivity contribution is 5.71. The van der Waals surface area contributed by atoms with Crippen molar-refractivity contribution in [2.24, 2.45) is 56.2 Å². The summed E-state index contributed by atoms with van der Waals surface area (Å²) in [6, 6.07) is 0. The number of fused-ring (bicyclic) bond motifs is 4. The predicted molar refractivity (Wildman–Crippen MR) is 224 cm³/mol. The normalized spacial score (nSPS) is 16.1. The monoisotopic (exact) mass is 848 g/mol. The molecule has 8 aromatic heterocycles. The van der Waals surface area contributed by atoms with Crippen LogP contribution in [-0.4, -0.2) is 74.7 Å². The number of aryl methyl sites for hydroxylation is 8. The molecular weight excluding hydrogens is 784 g/mol. The summed E-state index contributed by atoms with van der Waals surface area (Å²) in [6.45, 7) is -7.33. The summed E-state index contributed by atoms with van der Waals surface area (Å²) < 4.78 is 129. The Morgan fingerprint density at radius 3 is 1.17 bits per heavy atom. The highest BCUT2D eigenvalue weighted by Crippen LogP contribution is 2.05. The molecular formula is C36H48N16O8. The Morgan fingerprint density at radius 1 is 0.450 bits per heavy atom. The molecule has 0 unspecified atom stereocenters. The van der Waals surface area contributed by atoms with E-state index in [-0.39, 0.29) is 74.9 Å². The van der Waals surface area contributed by atoms with Gasteiger partial charge in [-0.1, -0.05) is 0 Å². The molecule has 0 aliphatic rings. The molecule has 0 aromatic carbocycles. The van der Waals surface area contributed by atoms with E-state index >= 15 is 0 Å². The second-order valence-corrected chi connectivity index (χ2v) is 12.4. The van der Waals surface area contributed by atoms with E-state index in [4.69, 9.17) is 21.9 Å². The average molecular weight is 849 g/mol. The Bertz CT molecular complexity index is 4140. The van der Waals surface area contributed by atoms with Gasteiger partial charge in [0, 0.05) is 100 Å². The summed E-state index contributed by atoms with van der Waals surface area (Å²) in [5, 5.41) is 0. The largest absolute Gasteiger partial charge is 0.332 e. The summed E-state index contributed by atoms with van der Waals surface area (Å²) in [6.07, 6.45) is 0.185. The van der Waals surface area contributed by atoms with E-state index in [2.05, 4.69) is 19.9 Å². The van der Waals surface area contributed by atoms with Crippen molar-refractivity contribution in [3.05, 3.63) is 109 Å². The van der Waals surface area contributed by atoms with Gasteiger partial charge >= 0.3 is 22.8 Å². The first-order chi connectivity index (χ1) is 34.5. The van der Waals surface area contributed by atoms with Crippen LogP contribution >= 0.6 is 0 Å². The van der Waals surface area contributed by atoms with Gasteiger partial charge in [-0.2, -0.15) is 0 Å². The molecule has 320 valence electrons. The van der Waals surface area contributed by atoms with Crippen LogP contribution in [0, 0.1) is 0 Å². The van der Waals surface area contributed by atoms with Crippen molar-refractivity contribution in [2.75, 3.05) is 0 Å². The molecule has 0 spiro atoms. The lowest BCUT2D eigenvalue weighted by Gasteiger charge is -2.05. The summed E-state index contributed by atoms with van der Waals surface area (Å²) in [7, 11) is 7.12. The highest BCUT2D eigenvalue weighted by Gasteiger charge is 2.16. The van der Waals surface area contributed by atoms with E-state index in [0.29, 0.717) is 18.3 Å². The van der Waals surface area contributed by atoms with E-state index in [0.717, 1.165) is 36.7 Å². The zero-order chi connectivity index (χ0) is 58.3. The summed E-state index contributed by atoms with van der Waals surface area (Å²) in [5.41, 5.74) is -7.70. The maximum absolute atomic E-state index is 12.2. The molecule has 24 nitrogen and oxygen atoms in total. The van der Waals surface area contributed by atoms with Crippen LogP contribution in [0.3, 0.4) is 0 Å². The fraction of sp³-hybridized carbons (Fsp3) is 0.444. The number of hydrogen-bond donors (Lipinski definition) is 0. The third-order valence-electron chi connectivity index (χ3n) is 8.96. The number of nitrogens with zero attached hydrogens (tertiary/aromatic N) is 16. The maximum Gasteiger partial charge on any atom is 0.332 e. The first kappa shape index (κ1) is 26.6. The van der Waals surface area contributed by atoms with E-state index in [1.54, 1.807) is 13.8 Å². The second-order valence-electron chi connectivity index (χ2n) is 12.4. The molecule has 0 fully saturated rings. The van der Waals surface area contributed by atoms with Crippen LogP contribution in [0.1, 0.15) is 49.6 Å². The van der Waals surface area contributed by atoms with Crippen molar-refractivity contribution >= 4 is 44.7 Å². The van der Waals surface area contributed by atoms with E-state index in [1.165, 1.54) is 50.7 Å². The van der Waals surface area contributed by atoms with E-state index < -0.39 is 85.2 Å². The molecule has 0 N–H and O–H groups in total. The Balaban J connectivity index is 0.000000187. The summed E-state index contributed by atoms with van der Waals surface area (Å²) in [5.74, 6) is 0. The van der Waals surface area contributed by atoms with Crippen LogP contribution in [0.15, 0.2) is 63.6 Å². The van der Waals surface area contributed by atoms with Gasteiger partial charge in [0.15, 0.2) is 44.7 Å². The Morgan fingerprint density at radius 2 is 0.767 bits per heavy atom. The minimum absolute atomic E-state index is 0.0350. The molecule has 0 aliphatic heterocycles. The van der Waals surface area contributed by atoms with Gasteiger partial charge in [0.25, 0.3) is 22.2 Å². The minimum Gasteiger partial charge on any atom is -0.328 e. The first-order valence-corrected chi connectivity index (χ1v) is 17.3. The molecule has 8 rings (SSSR count). The lowest BCUT2D eigenvalue weighted by molar-refractivity contribution is 0.635. The molecule has 24 heteroatoms. The highest BCUT2D eigenvalue weighted by atomic mass is 16.2. The molecule has 8 aromatic rings. The standard InChI is InChI=1S/4C9H12N4O2/c4*1-4-13-8(14)6-7(10-5-11(6)2)12(3)9(13)15/h4*5H,4H2,1-3H3/i4D2,5D;3D3,5D;3D3,4D2;2D3,5D. The molecule has 0 aliphatic carbocycles. The van der Waals surface area contributed by atoms with Crippen molar-refractivity contribution in [3.63, 3.8) is 0 Å². The number of hydrogen-bond acceptors (Lipinski definition) is 12. The van der Waals surface area contributed by atoms with Gasteiger partial charge in [0.1, 0.15) is 4.11 Å². The number of imidazole rings is 4. The topological polar surface area (TPSA) is 247 Å². The van der Waals surface area contributed by atoms with Crippen LogP contribution in [0.25, 0.3) is 44.7 Å². The molecule has 60 heavy (non-hydrogen) atoms. The predicted octanol–water partition coefficient (Wildman–Crippen LogP) is -2.19. The lowest BCUT2D eigenvalue weighted by Crippen LogP contribution is -2.39. The van der Waals surface area contributed by atoms with Gasteiger partial charge in [0.2, 0.25) is 0 Å². The van der Waals surface area contributed by atoms with Crippen molar-refractivity contribution in [1.29, 1.82) is 0 Å². The Hall–Kier alpha value is -7.40. The molecule has 8 heterocycles. The molecule has 0 radical (unpaired) electrons. The SMILES string of the molecule is [2H]C([2H])([2H])n1c(=O)n(C([2H])([2H])C)c(=O)c2c1ncn2C.[2H]c1nc2c(c(=O)n(C([2H])([2H])C)c(=O)n2C)n1C.[2H]c1nc2c(c(=O)n(CC)c(=O)n2C([2H])([2H])[2H])n1C.[2H]c1nc2c(c(=O)n(CC)c(=O)n2C)n1C([2H])([2H])[2H]. The van der Waals surface area contributed by atoms with E-state index in [1.807, 2.05) is 0 Å². The van der Waals surface area contributed by atoms with Crippen molar-refractivity contribution in [1.82, 2.24) is 74.7 Å². The van der Waals surface area contributed by atoms with Gasteiger partial charge in [-0.15, -0.1) is 0 Å². The maximum atomic E-state index is 12.2. The lowest BCUT2D eigenvalue weighted by atomic mass is 10.5. The van der Waals surface area contributed by atoms with Gasteiger partial charge in [-0.05, 0) is 27.7 Å². The minimum atomic E-state index is -2.87. The quantitative estimate of drug-likeness (QED) is 0.183.